The molecule has 0 fully saturated rings. The third-order valence-corrected chi connectivity index (χ3v) is 5.15. The summed E-state index contributed by atoms with van der Waals surface area (Å²) in [5.74, 6) is 0.0604. The van der Waals surface area contributed by atoms with Crippen molar-refractivity contribution in [3.63, 3.8) is 0 Å². The van der Waals surface area contributed by atoms with Gasteiger partial charge in [0.1, 0.15) is 0 Å². The predicted molar refractivity (Wildman–Crippen MR) is 125 cm³/mol. The van der Waals surface area contributed by atoms with Gasteiger partial charge in [0.2, 0.25) is 5.91 Å². The Bertz CT molecular complexity index is 1230. The molecule has 0 unspecified atom stereocenters. The maximum absolute atomic E-state index is 12.1. The SMILES string of the molecule is CNCC(=O)N(C)c1ccc(N=C(c2ccccc2)c2c(O)[nH]c3ccccc23)cc1. The molecule has 0 saturated carbocycles. The fourth-order valence-corrected chi connectivity index (χ4v) is 3.52. The molecule has 1 amide bonds. The Hall–Kier alpha value is -3.90. The lowest BCUT2D eigenvalue weighted by Gasteiger charge is -2.17. The molecule has 0 atom stereocenters. The zero-order chi connectivity index (χ0) is 21.8. The third-order valence-electron chi connectivity index (χ3n) is 5.15. The maximum Gasteiger partial charge on any atom is 0.240 e. The van der Waals surface area contributed by atoms with Crippen LogP contribution in [0.4, 0.5) is 11.4 Å². The largest absolute Gasteiger partial charge is 0.494 e. The number of amides is 1. The molecule has 31 heavy (non-hydrogen) atoms. The van der Waals surface area contributed by atoms with Gasteiger partial charge in [-0.1, -0.05) is 48.5 Å². The number of aromatic nitrogens is 1. The number of carbonyl (C=O) groups is 1. The van der Waals surface area contributed by atoms with Gasteiger partial charge < -0.3 is 20.3 Å². The summed E-state index contributed by atoms with van der Waals surface area (Å²) >= 11 is 0. The molecule has 0 aliphatic rings. The third kappa shape index (κ3) is 4.20. The predicted octanol–water partition coefficient (Wildman–Crippen LogP) is 4.22. The lowest BCUT2D eigenvalue weighted by molar-refractivity contribution is -0.117. The van der Waals surface area contributed by atoms with Gasteiger partial charge >= 0.3 is 0 Å². The van der Waals surface area contributed by atoms with Gasteiger partial charge in [-0.2, -0.15) is 0 Å². The molecule has 3 aromatic carbocycles. The van der Waals surface area contributed by atoms with Gasteiger partial charge in [-0.15, -0.1) is 0 Å². The molecular formula is C25H24N4O2. The van der Waals surface area contributed by atoms with E-state index in [0.717, 1.165) is 27.8 Å². The van der Waals surface area contributed by atoms with Crippen molar-refractivity contribution in [2.45, 2.75) is 0 Å². The van der Waals surface area contributed by atoms with Crippen LogP contribution in [0.15, 0.2) is 83.9 Å². The number of para-hydroxylation sites is 1. The molecule has 1 heterocycles. The molecule has 3 N–H and O–H groups in total. The minimum absolute atomic E-state index is 0.0209. The Labute approximate surface area is 180 Å². The first-order chi connectivity index (χ1) is 15.1. The van der Waals surface area contributed by atoms with Gasteiger partial charge in [-0.05, 0) is 37.4 Å². The van der Waals surface area contributed by atoms with Crippen molar-refractivity contribution in [3.05, 3.63) is 90.0 Å². The summed E-state index contributed by atoms with van der Waals surface area (Å²) < 4.78 is 0. The highest BCUT2D eigenvalue weighted by Gasteiger charge is 2.18. The molecule has 0 spiro atoms. The Morgan fingerprint density at radius 2 is 1.68 bits per heavy atom. The summed E-state index contributed by atoms with van der Waals surface area (Å²) in [6.45, 7) is 0.272. The number of H-pyrrole nitrogens is 1. The minimum Gasteiger partial charge on any atom is -0.494 e. The number of hydrogen-bond donors (Lipinski definition) is 3. The van der Waals surface area contributed by atoms with Crippen molar-refractivity contribution in [2.75, 3.05) is 25.5 Å². The van der Waals surface area contributed by atoms with Crippen molar-refractivity contribution >= 4 is 33.9 Å². The van der Waals surface area contributed by atoms with Gasteiger partial charge in [-0.3, -0.25) is 4.79 Å². The van der Waals surface area contributed by atoms with E-state index in [1.54, 1.807) is 19.0 Å². The van der Waals surface area contributed by atoms with E-state index in [4.69, 9.17) is 4.99 Å². The molecule has 4 rings (SSSR count). The molecule has 0 radical (unpaired) electrons. The number of fused-ring (bicyclic) bond motifs is 1. The smallest absolute Gasteiger partial charge is 0.240 e. The summed E-state index contributed by atoms with van der Waals surface area (Å²) in [6, 6.07) is 25.0. The first-order valence-electron chi connectivity index (χ1n) is 10.0. The number of nitrogens with zero attached hydrogens (tertiary/aromatic N) is 2. The van der Waals surface area contributed by atoms with E-state index >= 15 is 0 Å². The van der Waals surface area contributed by atoms with Crippen LogP contribution in [0.1, 0.15) is 11.1 Å². The lowest BCUT2D eigenvalue weighted by Crippen LogP contribution is -2.33. The number of benzene rings is 3. The van der Waals surface area contributed by atoms with Gasteiger partial charge in [0.25, 0.3) is 0 Å². The zero-order valence-electron chi connectivity index (χ0n) is 17.5. The molecule has 0 aliphatic heterocycles. The quantitative estimate of drug-likeness (QED) is 0.415. The highest BCUT2D eigenvalue weighted by molar-refractivity contribution is 6.21. The fraction of sp³-hybridized carbons (Fsp3) is 0.120. The Kier molecular flexibility index (Phi) is 5.82. The van der Waals surface area contributed by atoms with E-state index in [-0.39, 0.29) is 18.3 Å². The van der Waals surface area contributed by atoms with Crippen LogP contribution in [0.2, 0.25) is 0 Å². The molecule has 1 aromatic heterocycles. The molecule has 156 valence electrons. The topological polar surface area (TPSA) is 80.7 Å². The average Bonchev–Trinajstić information content (AvgIpc) is 3.13. The van der Waals surface area contributed by atoms with Crippen LogP contribution < -0.4 is 10.2 Å². The summed E-state index contributed by atoms with van der Waals surface area (Å²) in [6.07, 6.45) is 0. The van der Waals surface area contributed by atoms with Crippen LogP contribution in [0.5, 0.6) is 5.88 Å². The highest BCUT2D eigenvalue weighted by atomic mass is 16.3. The number of rotatable bonds is 6. The van der Waals surface area contributed by atoms with E-state index in [0.29, 0.717) is 11.3 Å². The van der Waals surface area contributed by atoms with E-state index in [1.807, 2.05) is 78.9 Å². The summed E-state index contributed by atoms with van der Waals surface area (Å²) in [5.41, 5.74) is 4.58. The molecule has 4 aromatic rings. The number of nitrogens with one attached hydrogen (secondary N) is 2. The number of aromatic amines is 1. The van der Waals surface area contributed by atoms with E-state index in [2.05, 4.69) is 10.3 Å². The number of carbonyl (C=O) groups excluding carboxylic acids is 1. The fourth-order valence-electron chi connectivity index (χ4n) is 3.52. The number of aliphatic imine (C=N–C) groups is 1. The van der Waals surface area contributed by atoms with Gasteiger partial charge in [0.05, 0.1) is 23.5 Å². The zero-order valence-corrected chi connectivity index (χ0v) is 17.5. The standard InChI is InChI=1S/C25H24N4O2/c1-26-16-22(30)29(2)19-14-12-18(13-15-19)27-24(17-8-4-3-5-9-17)23-20-10-6-7-11-21(20)28-25(23)31/h3-15,26,28,31H,16H2,1-2H3. The van der Waals surface area contributed by atoms with Crippen LogP contribution in [0.25, 0.3) is 10.9 Å². The summed E-state index contributed by atoms with van der Waals surface area (Å²) in [7, 11) is 3.49. The van der Waals surface area contributed by atoms with Crippen LogP contribution in [0.3, 0.4) is 0 Å². The Balaban J connectivity index is 1.78. The Morgan fingerprint density at radius 3 is 2.39 bits per heavy atom. The number of likely N-dealkylation sites (N-methyl/N-ethyl adjacent to an activating group) is 2. The molecule has 6 nitrogen and oxygen atoms in total. The second kappa shape index (κ2) is 8.85. The van der Waals surface area contributed by atoms with Gasteiger partial charge in [-0.25, -0.2) is 4.99 Å². The molecular weight excluding hydrogens is 388 g/mol. The van der Waals surface area contributed by atoms with Gasteiger partial charge in [0, 0.05) is 29.2 Å². The van der Waals surface area contributed by atoms with Crippen LogP contribution in [-0.2, 0) is 4.79 Å². The summed E-state index contributed by atoms with van der Waals surface area (Å²) in [5, 5.41) is 14.5. The van der Waals surface area contributed by atoms with Crippen LogP contribution in [0, 0.1) is 0 Å². The Morgan fingerprint density at radius 1 is 1.00 bits per heavy atom. The van der Waals surface area contributed by atoms with Crippen LogP contribution in [-0.4, -0.2) is 42.3 Å². The molecule has 6 heteroatoms. The average molecular weight is 412 g/mol. The van der Waals surface area contributed by atoms with Crippen molar-refractivity contribution in [3.8, 4) is 5.88 Å². The molecule has 0 bridgehead atoms. The highest BCUT2D eigenvalue weighted by Crippen LogP contribution is 2.31. The minimum atomic E-state index is -0.0209. The van der Waals surface area contributed by atoms with E-state index in [9.17, 15) is 9.90 Å². The maximum atomic E-state index is 12.1. The second-order valence-corrected chi connectivity index (χ2v) is 7.22. The first kappa shape index (κ1) is 20.4. The normalized spacial score (nSPS) is 11.6. The van der Waals surface area contributed by atoms with E-state index in [1.165, 1.54) is 0 Å². The van der Waals surface area contributed by atoms with Gasteiger partial charge in [0.15, 0.2) is 5.88 Å². The number of hydrogen-bond acceptors (Lipinski definition) is 4. The lowest BCUT2D eigenvalue weighted by atomic mass is 10.0. The van der Waals surface area contributed by atoms with Crippen LogP contribution >= 0.6 is 0 Å². The molecule has 0 saturated heterocycles. The van der Waals surface area contributed by atoms with Crippen molar-refractivity contribution in [1.29, 1.82) is 0 Å². The monoisotopic (exact) mass is 412 g/mol. The number of anilines is 1. The summed E-state index contributed by atoms with van der Waals surface area (Å²) in [4.78, 5) is 21.6. The second-order valence-electron chi connectivity index (χ2n) is 7.22. The van der Waals surface area contributed by atoms with Crippen molar-refractivity contribution in [1.82, 2.24) is 10.3 Å². The molecule has 0 aliphatic carbocycles. The first-order valence-corrected chi connectivity index (χ1v) is 10.0. The number of aromatic hydroxyl groups is 1. The van der Waals surface area contributed by atoms with Crippen molar-refractivity contribution in [2.24, 2.45) is 4.99 Å². The van der Waals surface area contributed by atoms with E-state index < -0.39 is 0 Å². The van der Waals surface area contributed by atoms with Crippen molar-refractivity contribution < 1.29 is 9.90 Å².